The third-order valence-electron chi connectivity index (χ3n) is 3.17. The molecule has 0 fully saturated rings. The van der Waals surface area contributed by atoms with Gasteiger partial charge in [0.1, 0.15) is 5.82 Å². The summed E-state index contributed by atoms with van der Waals surface area (Å²) in [5.74, 6) is -2.47. The zero-order chi connectivity index (χ0) is 15.0. The monoisotopic (exact) mass is 306 g/mol. The van der Waals surface area contributed by atoms with Gasteiger partial charge in [-0.2, -0.15) is 0 Å². The van der Waals surface area contributed by atoms with E-state index in [4.69, 9.17) is 0 Å². The van der Waals surface area contributed by atoms with E-state index in [1.165, 1.54) is 42.1 Å². The standard InChI is InChI=1S/C16H9F3OS/c17-11-4-5-14-12(7-11)16(20)10(8-21-14)6-9-2-1-3-13(18)15(9)19/h1-7H,8H2/b10-6-. The molecule has 1 nitrogen and oxygen atoms in total. The van der Waals surface area contributed by atoms with Gasteiger partial charge in [-0.1, -0.05) is 12.1 Å². The van der Waals surface area contributed by atoms with Gasteiger partial charge < -0.3 is 0 Å². The first-order valence-corrected chi connectivity index (χ1v) is 7.16. The molecule has 1 aliphatic heterocycles. The van der Waals surface area contributed by atoms with Crippen LogP contribution in [0.25, 0.3) is 6.08 Å². The van der Waals surface area contributed by atoms with Gasteiger partial charge in [-0.05, 0) is 30.3 Å². The van der Waals surface area contributed by atoms with Gasteiger partial charge in [0, 0.05) is 27.3 Å². The van der Waals surface area contributed by atoms with Crippen molar-refractivity contribution >= 4 is 23.6 Å². The summed E-state index contributed by atoms with van der Waals surface area (Å²) >= 11 is 1.37. The second-order valence-electron chi connectivity index (χ2n) is 4.57. The zero-order valence-electron chi connectivity index (χ0n) is 10.7. The minimum atomic E-state index is -0.993. The number of benzene rings is 2. The maximum Gasteiger partial charge on any atom is 0.191 e. The first-order valence-electron chi connectivity index (χ1n) is 6.18. The molecule has 3 rings (SSSR count). The average Bonchev–Trinajstić information content (AvgIpc) is 2.47. The largest absolute Gasteiger partial charge is 0.289 e. The summed E-state index contributed by atoms with van der Waals surface area (Å²) in [7, 11) is 0. The molecule has 0 unspecified atom stereocenters. The van der Waals surface area contributed by atoms with Crippen LogP contribution in [0.5, 0.6) is 0 Å². The Balaban J connectivity index is 2.03. The second-order valence-corrected chi connectivity index (χ2v) is 5.59. The van der Waals surface area contributed by atoms with Gasteiger partial charge in [0.05, 0.1) is 0 Å². The molecule has 0 saturated carbocycles. The predicted octanol–water partition coefficient (Wildman–Crippen LogP) is 4.48. The van der Waals surface area contributed by atoms with Crippen LogP contribution in [0.1, 0.15) is 15.9 Å². The van der Waals surface area contributed by atoms with Gasteiger partial charge in [-0.25, -0.2) is 13.2 Å². The maximum absolute atomic E-state index is 13.6. The lowest BCUT2D eigenvalue weighted by Crippen LogP contribution is -2.12. The molecule has 0 bridgehead atoms. The fraction of sp³-hybridized carbons (Fsp3) is 0.0625. The molecule has 5 heteroatoms. The van der Waals surface area contributed by atoms with Crippen molar-refractivity contribution < 1.29 is 18.0 Å². The molecule has 21 heavy (non-hydrogen) atoms. The summed E-state index contributed by atoms with van der Waals surface area (Å²) in [6, 6.07) is 7.79. The lowest BCUT2D eigenvalue weighted by Gasteiger charge is -2.17. The van der Waals surface area contributed by atoms with Crippen LogP contribution in [0.2, 0.25) is 0 Å². The van der Waals surface area contributed by atoms with Crippen molar-refractivity contribution in [3.63, 3.8) is 0 Å². The Morgan fingerprint density at radius 3 is 2.71 bits per heavy atom. The van der Waals surface area contributed by atoms with Crippen LogP contribution >= 0.6 is 11.8 Å². The molecule has 0 amide bonds. The molecule has 1 aliphatic rings. The van der Waals surface area contributed by atoms with Crippen molar-refractivity contribution in [2.24, 2.45) is 0 Å². The summed E-state index contributed by atoms with van der Waals surface area (Å²) < 4.78 is 40.1. The number of halogens is 3. The van der Waals surface area contributed by atoms with Crippen molar-refractivity contribution in [3.8, 4) is 0 Å². The molecule has 2 aromatic rings. The van der Waals surface area contributed by atoms with Crippen LogP contribution in [0.3, 0.4) is 0 Å². The molecule has 1 heterocycles. The van der Waals surface area contributed by atoms with E-state index in [0.29, 0.717) is 16.2 Å². The first kappa shape index (κ1) is 13.9. The molecule has 0 spiro atoms. The van der Waals surface area contributed by atoms with E-state index in [2.05, 4.69) is 0 Å². The Kier molecular flexibility index (Phi) is 3.59. The summed E-state index contributed by atoms with van der Waals surface area (Å²) in [6.45, 7) is 0. The van der Waals surface area contributed by atoms with Crippen molar-refractivity contribution in [2.75, 3.05) is 5.75 Å². The van der Waals surface area contributed by atoms with E-state index in [-0.39, 0.29) is 16.9 Å². The van der Waals surface area contributed by atoms with E-state index in [1.807, 2.05) is 0 Å². The number of fused-ring (bicyclic) bond motifs is 1. The normalized spacial score (nSPS) is 16.1. The predicted molar refractivity (Wildman–Crippen MR) is 75.8 cm³/mol. The van der Waals surface area contributed by atoms with Crippen molar-refractivity contribution in [2.45, 2.75) is 4.90 Å². The highest BCUT2D eigenvalue weighted by atomic mass is 32.2. The molecule has 0 saturated heterocycles. The minimum absolute atomic E-state index is 0.0128. The minimum Gasteiger partial charge on any atom is -0.289 e. The number of rotatable bonds is 1. The highest BCUT2D eigenvalue weighted by Gasteiger charge is 2.23. The number of hydrogen-bond donors (Lipinski definition) is 0. The third-order valence-corrected chi connectivity index (χ3v) is 4.29. The molecule has 2 aromatic carbocycles. The molecule has 0 N–H and O–H groups in total. The van der Waals surface area contributed by atoms with Gasteiger partial charge in [-0.3, -0.25) is 4.79 Å². The van der Waals surface area contributed by atoms with Crippen LogP contribution in [-0.2, 0) is 0 Å². The molecule has 106 valence electrons. The van der Waals surface area contributed by atoms with Gasteiger partial charge in [0.25, 0.3) is 0 Å². The van der Waals surface area contributed by atoms with E-state index < -0.39 is 17.5 Å². The maximum atomic E-state index is 13.6. The smallest absolute Gasteiger partial charge is 0.191 e. The quantitative estimate of drug-likeness (QED) is 0.723. The van der Waals surface area contributed by atoms with Gasteiger partial charge in [0.15, 0.2) is 17.4 Å². The zero-order valence-corrected chi connectivity index (χ0v) is 11.5. The van der Waals surface area contributed by atoms with Gasteiger partial charge in [0.2, 0.25) is 0 Å². The third kappa shape index (κ3) is 2.61. The molecule has 0 aromatic heterocycles. The molecule has 0 aliphatic carbocycles. The van der Waals surface area contributed by atoms with E-state index in [0.717, 1.165) is 6.07 Å². The van der Waals surface area contributed by atoms with Gasteiger partial charge in [-0.15, -0.1) is 11.8 Å². The van der Waals surface area contributed by atoms with E-state index in [1.54, 1.807) is 6.07 Å². The Hall–Kier alpha value is -2.01. The van der Waals surface area contributed by atoms with Crippen LogP contribution in [0, 0.1) is 17.5 Å². The van der Waals surface area contributed by atoms with Crippen LogP contribution < -0.4 is 0 Å². The van der Waals surface area contributed by atoms with Crippen molar-refractivity contribution in [1.82, 2.24) is 0 Å². The number of Topliss-reactive ketones (excluding diaryl/α,β-unsaturated/α-hetero) is 1. The fourth-order valence-electron chi connectivity index (χ4n) is 2.13. The fourth-order valence-corrected chi connectivity index (χ4v) is 3.12. The Morgan fingerprint density at radius 1 is 1.10 bits per heavy atom. The van der Waals surface area contributed by atoms with E-state index >= 15 is 0 Å². The molecular formula is C16H9F3OS. The van der Waals surface area contributed by atoms with Crippen LogP contribution in [0.4, 0.5) is 13.2 Å². The topological polar surface area (TPSA) is 17.1 Å². The first-order chi connectivity index (χ1) is 10.1. The SMILES string of the molecule is O=C1/C(=C\c2cccc(F)c2F)CSc2ccc(F)cc21. The Morgan fingerprint density at radius 2 is 1.90 bits per heavy atom. The summed E-state index contributed by atoms with van der Waals surface area (Å²) in [4.78, 5) is 13.0. The number of carbonyl (C=O) groups is 1. The summed E-state index contributed by atoms with van der Waals surface area (Å²) in [6.07, 6.45) is 1.32. The van der Waals surface area contributed by atoms with Crippen LogP contribution in [-0.4, -0.2) is 11.5 Å². The number of hydrogen-bond acceptors (Lipinski definition) is 2. The lowest BCUT2D eigenvalue weighted by atomic mass is 10.0. The van der Waals surface area contributed by atoms with Crippen molar-refractivity contribution in [3.05, 3.63) is 70.5 Å². The molecular weight excluding hydrogens is 297 g/mol. The average molecular weight is 306 g/mol. The number of thioether (sulfide) groups is 1. The summed E-state index contributed by atoms with van der Waals surface area (Å²) in [5.41, 5.74) is 0.593. The van der Waals surface area contributed by atoms with Crippen molar-refractivity contribution in [1.29, 1.82) is 0 Å². The molecule has 0 atom stereocenters. The highest BCUT2D eigenvalue weighted by molar-refractivity contribution is 7.99. The highest BCUT2D eigenvalue weighted by Crippen LogP contribution is 2.34. The summed E-state index contributed by atoms with van der Waals surface area (Å²) in [5, 5.41) is 0. The van der Waals surface area contributed by atoms with Gasteiger partial charge >= 0.3 is 0 Å². The number of ketones is 1. The van der Waals surface area contributed by atoms with Crippen LogP contribution in [0.15, 0.2) is 46.9 Å². The van der Waals surface area contributed by atoms with E-state index in [9.17, 15) is 18.0 Å². The Bertz CT molecular complexity index is 768. The Labute approximate surface area is 123 Å². The molecule has 0 radical (unpaired) electrons. The second kappa shape index (κ2) is 5.41. The number of carbonyl (C=O) groups excluding carboxylic acids is 1. The lowest BCUT2D eigenvalue weighted by molar-refractivity contribution is 0.103.